The van der Waals surface area contributed by atoms with E-state index in [1.54, 1.807) is 0 Å². The van der Waals surface area contributed by atoms with Crippen LogP contribution in [0.15, 0.2) is 47.5 Å². The number of piperidine rings is 1. The van der Waals surface area contributed by atoms with Crippen molar-refractivity contribution in [2.75, 3.05) is 13.1 Å². The van der Waals surface area contributed by atoms with E-state index in [-0.39, 0.29) is 0 Å². The molecule has 3 aromatic rings. The van der Waals surface area contributed by atoms with Gasteiger partial charge in [-0.3, -0.25) is 0 Å². The quantitative estimate of drug-likeness (QED) is 0.310. The second kappa shape index (κ2) is 10.5. The van der Waals surface area contributed by atoms with Crippen LogP contribution in [-0.2, 0) is 12.8 Å². The lowest BCUT2D eigenvalue weighted by Crippen LogP contribution is -2.28. The molecule has 0 bridgehead atoms. The third-order valence-corrected chi connectivity index (χ3v) is 6.23. The number of aryl methyl sites for hydroxylation is 4. The number of ether oxygens (including phenoxy) is 1. The van der Waals surface area contributed by atoms with Gasteiger partial charge in [-0.1, -0.05) is 30.3 Å². The number of hydrogen-bond acceptors (Lipinski definition) is 5. The molecule has 1 aliphatic rings. The maximum absolute atomic E-state index is 6.07. The molecule has 0 spiro atoms. The first-order valence-electron chi connectivity index (χ1n) is 11.1. The SMILES string of the molecule is Cc1cc(Oc2nc(CCCc3ccccc3)ns2)c(C)cc1N=CN1CCCCC1. The van der Waals surface area contributed by atoms with Crippen molar-refractivity contribution in [3.05, 3.63) is 65.0 Å². The van der Waals surface area contributed by atoms with E-state index in [1.165, 1.54) is 36.4 Å². The number of rotatable bonds is 8. The maximum Gasteiger partial charge on any atom is 0.298 e. The molecule has 0 atom stereocenters. The molecule has 2 aromatic carbocycles. The average Bonchev–Trinajstić information content (AvgIpc) is 3.24. The molecule has 162 valence electrons. The highest BCUT2D eigenvalue weighted by Crippen LogP contribution is 2.32. The van der Waals surface area contributed by atoms with Crippen LogP contribution in [-0.4, -0.2) is 33.7 Å². The van der Waals surface area contributed by atoms with E-state index in [9.17, 15) is 0 Å². The molecular formula is C25H30N4OS. The molecule has 2 heterocycles. The molecule has 6 heteroatoms. The molecule has 4 rings (SSSR count). The minimum absolute atomic E-state index is 0.599. The number of aromatic nitrogens is 2. The normalized spacial score (nSPS) is 14.3. The van der Waals surface area contributed by atoms with Crippen molar-refractivity contribution in [1.29, 1.82) is 0 Å². The first-order chi connectivity index (χ1) is 15.2. The molecule has 0 N–H and O–H groups in total. The fourth-order valence-corrected chi connectivity index (χ4v) is 4.36. The van der Waals surface area contributed by atoms with E-state index in [4.69, 9.17) is 9.73 Å². The zero-order chi connectivity index (χ0) is 21.5. The molecule has 31 heavy (non-hydrogen) atoms. The second-order valence-corrected chi connectivity index (χ2v) is 8.88. The summed E-state index contributed by atoms with van der Waals surface area (Å²) < 4.78 is 10.5. The van der Waals surface area contributed by atoms with Gasteiger partial charge in [-0.05, 0) is 74.8 Å². The molecule has 1 aromatic heterocycles. The summed E-state index contributed by atoms with van der Waals surface area (Å²) in [4.78, 5) is 11.6. The Morgan fingerprint density at radius 2 is 1.84 bits per heavy atom. The molecule has 1 fully saturated rings. The number of benzene rings is 2. The third-order valence-electron chi connectivity index (χ3n) is 5.60. The van der Waals surface area contributed by atoms with Gasteiger partial charge < -0.3 is 9.64 Å². The number of likely N-dealkylation sites (tertiary alicyclic amines) is 1. The molecule has 1 saturated heterocycles. The molecule has 0 unspecified atom stereocenters. The average molecular weight is 435 g/mol. The summed E-state index contributed by atoms with van der Waals surface area (Å²) in [6.07, 6.45) is 8.76. The molecule has 0 radical (unpaired) electrons. The largest absolute Gasteiger partial charge is 0.430 e. The van der Waals surface area contributed by atoms with Gasteiger partial charge in [0.15, 0.2) is 0 Å². The van der Waals surface area contributed by atoms with Gasteiger partial charge in [-0.2, -0.15) is 9.36 Å². The van der Waals surface area contributed by atoms with Crippen LogP contribution in [0.25, 0.3) is 0 Å². The summed E-state index contributed by atoms with van der Waals surface area (Å²) >= 11 is 1.32. The Morgan fingerprint density at radius 3 is 2.65 bits per heavy atom. The summed E-state index contributed by atoms with van der Waals surface area (Å²) in [6.45, 7) is 6.34. The van der Waals surface area contributed by atoms with Gasteiger partial charge in [0.25, 0.3) is 5.19 Å². The van der Waals surface area contributed by atoms with Crippen LogP contribution in [0.4, 0.5) is 5.69 Å². The highest BCUT2D eigenvalue weighted by Gasteiger charge is 2.11. The summed E-state index contributed by atoms with van der Waals surface area (Å²) in [7, 11) is 0. The zero-order valence-electron chi connectivity index (χ0n) is 18.4. The topological polar surface area (TPSA) is 50.6 Å². The number of nitrogens with zero attached hydrogens (tertiary/aromatic N) is 4. The first-order valence-corrected chi connectivity index (χ1v) is 11.9. The van der Waals surface area contributed by atoms with Crippen LogP contribution in [0.5, 0.6) is 10.9 Å². The van der Waals surface area contributed by atoms with Crippen molar-refractivity contribution in [1.82, 2.24) is 14.3 Å². The lowest BCUT2D eigenvalue weighted by Gasteiger charge is -2.23. The fraction of sp³-hybridized carbons (Fsp3) is 0.400. The third kappa shape index (κ3) is 6.14. The molecule has 0 amide bonds. The van der Waals surface area contributed by atoms with E-state index in [1.807, 2.05) is 12.4 Å². The lowest BCUT2D eigenvalue weighted by atomic mass is 10.1. The predicted molar refractivity (Wildman–Crippen MR) is 128 cm³/mol. The Morgan fingerprint density at radius 1 is 1.03 bits per heavy atom. The van der Waals surface area contributed by atoms with Crippen LogP contribution < -0.4 is 4.74 Å². The van der Waals surface area contributed by atoms with Crippen molar-refractivity contribution >= 4 is 23.6 Å². The van der Waals surface area contributed by atoms with E-state index < -0.39 is 0 Å². The Labute approximate surface area is 189 Å². The van der Waals surface area contributed by atoms with Crippen molar-refractivity contribution < 1.29 is 4.74 Å². The summed E-state index contributed by atoms with van der Waals surface area (Å²) in [5.41, 5.74) is 4.50. The van der Waals surface area contributed by atoms with Gasteiger partial charge >= 0.3 is 0 Å². The van der Waals surface area contributed by atoms with Crippen molar-refractivity contribution in [2.45, 2.75) is 52.4 Å². The highest BCUT2D eigenvalue weighted by atomic mass is 32.1. The lowest BCUT2D eigenvalue weighted by molar-refractivity contribution is 0.351. The molecular weight excluding hydrogens is 404 g/mol. The molecule has 1 aliphatic heterocycles. The Bertz CT molecular complexity index is 1010. The smallest absolute Gasteiger partial charge is 0.298 e. The van der Waals surface area contributed by atoms with Crippen LogP contribution >= 0.6 is 11.5 Å². The Hall–Kier alpha value is -2.73. The van der Waals surface area contributed by atoms with Crippen molar-refractivity contribution in [2.24, 2.45) is 4.99 Å². The predicted octanol–water partition coefficient (Wildman–Crippen LogP) is 6.27. The van der Waals surface area contributed by atoms with Crippen molar-refractivity contribution in [3.8, 4) is 10.9 Å². The summed E-state index contributed by atoms with van der Waals surface area (Å²) in [6, 6.07) is 14.7. The van der Waals surface area contributed by atoms with E-state index in [2.05, 4.69) is 64.5 Å². The van der Waals surface area contributed by atoms with Gasteiger partial charge in [0.1, 0.15) is 11.6 Å². The van der Waals surface area contributed by atoms with Crippen molar-refractivity contribution in [3.63, 3.8) is 0 Å². The van der Waals surface area contributed by atoms with Gasteiger partial charge in [-0.15, -0.1) is 0 Å². The number of hydrogen-bond donors (Lipinski definition) is 0. The van der Waals surface area contributed by atoms with Gasteiger partial charge in [0, 0.05) is 31.0 Å². The summed E-state index contributed by atoms with van der Waals surface area (Å²) in [5, 5.41) is 0.599. The highest BCUT2D eigenvalue weighted by molar-refractivity contribution is 7.07. The van der Waals surface area contributed by atoms with Crippen LogP contribution in [0.2, 0.25) is 0 Å². The summed E-state index contributed by atoms with van der Waals surface area (Å²) in [5.74, 6) is 1.68. The minimum atomic E-state index is 0.599. The standard InChI is InChI=1S/C25H30N4OS/c1-19-17-23(20(2)16-22(19)26-18-29-14-7-4-8-15-29)30-25-27-24(28-31-25)13-9-12-21-10-5-3-6-11-21/h3,5-6,10-11,16-18H,4,7-9,12-15H2,1-2H3. The van der Waals surface area contributed by atoms with Crippen LogP contribution in [0, 0.1) is 13.8 Å². The molecule has 0 aliphatic carbocycles. The van der Waals surface area contributed by atoms with Gasteiger partial charge in [-0.25, -0.2) is 4.99 Å². The number of aliphatic imine (C=N–C) groups is 1. The van der Waals surface area contributed by atoms with Crippen LogP contribution in [0.1, 0.15) is 48.2 Å². The molecule has 0 saturated carbocycles. The second-order valence-electron chi connectivity index (χ2n) is 8.16. The van der Waals surface area contributed by atoms with Gasteiger partial charge in [0.2, 0.25) is 0 Å². The minimum Gasteiger partial charge on any atom is -0.430 e. The van der Waals surface area contributed by atoms with E-state index in [0.717, 1.165) is 60.7 Å². The van der Waals surface area contributed by atoms with E-state index in [0.29, 0.717) is 5.19 Å². The fourth-order valence-electron chi connectivity index (χ4n) is 3.77. The van der Waals surface area contributed by atoms with Crippen LogP contribution in [0.3, 0.4) is 0 Å². The Balaban J connectivity index is 1.34. The maximum atomic E-state index is 6.07. The Kier molecular flexibility index (Phi) is 7.30. The molecule has 5 nitrogen and oxygen atoms in total. The monoisotopic (exact) mass is 434 g/mol. The first kappa shape index (κ1) is 21.5. The zero-order valence-corrected chi connectivity index (χ0v) is 19.2. The van der Waals surface area contributed by atoms with Gasteiger partial charge in [0.05, 0.1) is 12.0 Å². The van der Waals surface area contributed by atoms with E-state index >= 15 is 0 Å².